The largest absolute Gasteiger partial charge is 0.468 e. The van der Waals surface area contributed by atoms with Crippen LogP contribution in [0.15, 0.2) is 46.3 Å². The number of carbonyl (C=O) groups is 2. The van der Waals surface area contributed by atoms with Gasteiger partial charge in [-0.3, -0.25) is 9.59 Å². The predicted octanol–water partition coefficient (Wildman–Crippen LogP) is 3.41. The van der Waals surface area contributed by atoms with Crippen LogP contribution in [0.3, 0.4) is 0 Å². The van der Waals surface area contributed by atoms with Crippen molar-refractivity contribution in [1.82, 2.24) is 8.87 Å². The number of ether oxygens (including phenoxy) is 1. The Morgan fingerprint density at radius 1 is 1.03 bits per heavy atom. The molecular formula is C24H27N3O5S2. The zero-order valence-electron chi connectivity index (χ0n) is 19.4. The summed E-state index contributed by atoms with van der Waals surface area (Å²) in [6.07, 6.45) is 2.75. The summed E-state index contributed by atoms with van der Waals surface area (Å²) >= 11 is 1.31. The molecule has 1 amide bonds. The molecule has 0 atom stereocenters. The fourth-order valence-corrected chi connectivity index (χ4v) is 6.55. The molecule has 1 fully saturated rings. The summed E-state index contributed by atoms with van der Waals surface area (Å²) in [6, 6.07) is 9.84. The summed E-state index contributed by atoms with van der Waals surface area (Å²) < 4.78 is 34.6. The highest BCUT2D eigenvalue weighted by atomic mass is 32.2. The second kappa shape index (κ2) is 9.81. The lowest BCUT2D eigenvalue weighted by Crippen LogP contribution is -2.35. The van der Waals surface area contributed by atoms with Crippen molar-refractivity contribution in [2.24, 2.45) is 4.99 Å². The maximum Gasteiger partial charge on any atom is 0.325 e. The number of aryl methyl sites for hydroxylation is 2. The van der Waals surface area contributed by atoms with Crippen LogP contribution in [0.25, 0.3) is 10.2 Å². The summed E-state index contributed by atoms with van der Waals surface area (Å²) in [5.41, 5.74) is 3.23. The first-order chi connectivity index (χ1) is 16.2. The number of nitrogens with zero attached hydrogens (tertiary/aromatic N) is 3. The SMILES string of the molecule is COC(=O)Cn1c(=NC(=O)c2ccc(S(=O)(=O)N3CCCCC3)cc2)sc2cc(C)c(C)cc21. The van der Waals surface area contributed by atoms with Gasteiger partial charge in [0.1, 0.15) is 6.54 Å². The summed E-state index contributed by atoms with van der Waals surface area (Å²) in [6.45, 7) is 4.95. The molecule has 1 saturated heterocycles. The van der Waals surface area contributed by atoms with Gasteiger partial charge >= 0.3 is 5.97 Å². The van der Waals surface area contributed by atoms with E-state index >= 15 is 0 Å². The molecule has 8 nitrogen and oxygen atoms in total. The normalized spacial score (nSPS) is 15.6. The van der Waals surface area contributed by atoms with Crippen LogP contribution in [0.1, 0.15) is 40.7 Å². The fraction of sp³-hybridized carbons (Fsp3) is 0.375. The van der Waals surface area contributed by atoms with E-state index in [1.165, 1.54) is 47.0 Å². The van der Waals surface area contributed by atoms with E-state index < -0.39 is 21.9 Å². The zero-order chi connectivity index (χ0) is 24.5. The lowest BCUT2D eigenvalue weighted by Gasteiger charge is -2.25. The standard InChI is InChI=1S/C24H27N3O5S2/c1-16-13-20-21(14-17(16)2)33-24(27(20)15-22(28)32-3)25-23(29)18-7-9-19(10-8-18)34(30,31)26-11-5-4-6-12-26/h7-10,13-14H,4-6,11-12,15H2,1-3H3. The van der Waals surface area contributed by atoms with Gasteiger partial charge in [-0.25, -0.2) is 8.42 Å². The van der Waals surface area contributed by atoms with Crippen LogP contribution in [-0.2, 0) is 26.1 Å². The third-order valence-corrected chi connectivity index (χ3v) is 9.02. The molecule has 0 bridgehead atoms. The molecule has 10 heteroatoms. The van der Waals surface area contributed by atoms with Crippen molar-refractivity contribution in [3.63, 3.8) is 0 Å². The van der Waals surface area contributed by atoms with Gasteiger partial charge in [0.15, 0.2) is 4.80 Å². The van der Waals surface area contributed by atoms with Gasteiger partial charge in [-0.15, -0.1) is 0 Å². The second-order valence-corrected chi connectivity index (χ2v) is 11.3. The summed E-state index contributed by atoms with van der Waals surface area (Å²) in [5, 5.41) is 0. The molecular weight excluding hydrogens is 474 g/mol. The first-order valence-electron chi connectivity index (χ1n) is 11.1. The van der Waals surface area contributed by atoms with E-state index in [4.69, 9.17) is 4.74 Å². The van der Waals surface area contributed by atoms with Crippen molar-refractivity contribution < 1.29 is 22.7 Å². The van der Waals surface area contributed by atoms with Crippen molar-refractivity contribution >= 4 is 43.5 Å². The molecule has 0 radical (unpaired) electrons. The van der Waals surface area contributed by atoms with Gasteiger partial charge in [-0.2, -0.15) is 9.30 Å². The molecule has 0 saturated carbocycles. The molecule has 0 spiro atoms. The highest BCUT2D eigenvalue weighted by Gasteiger charge is 2.26. The average molecular weight is 502 g/mol. The number of aromatic nitrogens is 1. The Hall–Kier alpha value is -2.82. The summed E-state index contributed by atoms with van der Waals surface area (Å²) in [5.74, 6) is -0.959. The Bertz CT molecular complexity index is 1410. The molecule has 2 aromatic carbocycles. The number of sulfonamides is 1. The van der Waals surface area contributed by atoms with E-state index in [1.807, 2.05) is 26.0 Å². The Morgan fingerprint density at radius 2 is 1.68 bits per heavy atom. The van der Waals surface area contributed by atoms with Crippen molar-refractivity contribution in [1.29, 1.82) is 0 Å². The molecule has 1 aromatic heterocycles. The van der Waals surface area contributed by atoms with Crippen LogP contribution in [-0.4, -0.2) is 49.4 Å². The number of benzene rings is 2. The Balaban J connectivity index is 1.69. The van der Waals surface area contributed by atoms with Crippen molar-refractivity contribution in [2.75, 3.05) is 20.2 Å². The minimum absolute atomic E-state index is 0.0713. The highest BCUT2D eigenvalue weighted by molar-refractivity contribution is 7.89. The zero-order valence-corrected chi connectivity index (χ0v) is 21.0. The monoisotopic (exact) mass is 501 g/mol. The number of hydrogen-bond donors (Lipinski definition) is 0. The molecule has 34 heavy (non-hydrogen) atoms. The maximum atomic E-state index is 12.9. The predicted molar refractivity (Wildman–Crippen MR) is 130 cm³/mol. The van der Waals surface area contributed by atoms with Gasteiger partial charge in [0.25, 0.3) is 5.91 Å². The Labute approximate surface area is 202 Å². The van der Waals surface area contributed by atoms with Crippen molar-refractivity contribution in [3.8, 4) is 0 Å². The molecule has 1 aliphatic rings. The summed E-state index contributed by atoms with van der Waals surface area (Å²) in [4.78, 5) is 29.8. The molecule has 4 rings (SSSR count). The minimum atomic E-state index is -3.57. The number of hydrogen-bond acceptors (Lipinski definition) is 6. The number of rotatable bonds is 5. The smallest absolute Gasteiger partial charge is 0.325 e. The second-order valence-electron chi connectivity index (χ2n) is 8.36. The molecule has 0 aliphatic carbocycles. The van der Waals surface area contributed by atoms with E-state index in [1.54, 1.807) is 4.57 Å². The van der Waals surface area contributed by atoms with Crippen molar-refractivity contribution in [3.05, 3.63) is 57.9 Å². The third-order valence-electron chi connectivity index (χ3n) is 6.06. The van der Waals surface area contributed by atoms with Crippen molar-refractivity contribution in [2.45, 2.75) is 44.6 Å². The quantitative estimate of drug-likeness (QED) is 0.499. The molecule has 3 aromatic rings. The number of carbonyl (C=O) groups excluding carboxylic acids is 2. The number of fused-ring (bicyclic) bond motifs is 1. The van der Waals surface area contributed by atoms with Gasteiger partial charge in [0.05, 0.1) is 22.2 Å². The summed E-state index contributed by atoms with van der Waals surface area (Å²) in [7, 11) is -2.26. The lowest BCUT2D eigenvalue weighted by atomic mass is 10.1. The Morgan fingerprint density at radius 3 is 2.32 bits per heavy atom. The average Bonchev–Trinajstić information content (AvgIpc) is 3.15. The van der Waals surface area contributed by atoms with Crippen LogP contribution in [0, 0.1) is 13.8 Å². The van der Waals surface area contributed by atoms with Gasteiger partial charge < -0.3 is 9.30 Å². The molecule has 2 heterocycles. The maximum absolute atomic E-state index is 12.9. The van der Waals surface area contributed by atoms with E-state index in [9.17, 15) is 18.0 Å². The van der Waals surface area contributed by atoms with Crippen LogP contribution >= 0.6 is 11.3 Å². The molecule has 0 N–H and O–H groups in total. The van der Waals surface area contributed by atoms with Crippen LogP contribution < -0.4 is 4.80 Å². The van der Waals surface area contributed by atoms with Gasteiger partial charge in [0.2, 0.25) is 10.0 Å². The first-order valence-corrected chi connectivity index (χ1v) is 13.3. The molecule has 180 valence electrons. The number of thiazole rings is 1. The topological polar surface area (TPSA) is 98.0 Å². The van der Waals surface area contributed by atoms with Crippen LogP contribution in [0.2, 0.25) is 0 Å². The number of methoxy groups -OCH3 is 1. The molecule has 1 aliphatic heterocycles. The van der Waals surface area contributed by atoms with E-state index in [0.29, 0.717) is 17.9 Å². The number of esters is 1. The fourth-order valence-electron chi connectivity index (χ4n) is 3.93. The highest BCUT2D eigenvalue weighted by Crippen LogP contribution is 2.23. The third kappa shape index (κ3) is 4.84. The van der Waals surface area contributed by atoms with Gasteiger partial charge in [-0.05, 0) is 74.2 Å². The van der Waals surface area contributed by atoms with Crippen LogP contribution in [0.4, 0.5) is 0 Å². The van der Waals surface area contributed by atoms with E-state index in [0.717, 1.165) is 40.6 Å². The lowest BCUT2D eigenvalue weighted by molar-refractivity contribution is -0.141. The van der Waals surface area contributed by atoms with Gasteiger partial charge in [-0.1, -0.05) is 17.8 Å². The number of piperidine rings is 1. The first kappa shape index (κ1) is 24.3. The van der Waals surface area contributed by atoms with E-state index in [2.05, 4.69) is 4.99 Å². The molecule has 0 unspecified atom stereocenters. The number of amides is 1. The Kier molecular flexibility index (Phi) is 7.01. The van der Waals surface area contributed by atoms with E-state index in [-0.39, 0.29) is 17.0 Å². The van der Waals surface area contributed by atoms with Gasteiger partial charge in [0, 0.05) is 18.7 Å². The minimum Gasteiger partial charge on any atom is -0.468 e. The van der Waals surface area contributed by atoms with Crippen LogP contribution in [0.5, 0.6) is 0 Å².